The lowest BCUT2D eigenvalue weighted by Gasteiger charge is -2.12. The van der Waals surface area contributed by atoms with Gasteiger partial charge in [-0.1, -0.05) is 36.4 Å². The minimum atomic E-state index is -0.545. The summed E-state index contributed by atoms with van der Waals surface area (Å²) in [6.07, 6.45) is 2.95. The highest BCUT2D eigenvalue weighted by atomic mass is 32.2. The van der Waals surface area contributed by atoms with Gasteiger partial charge in [0, 0.05) is 23.9 Å². The van der Waals surface area contributed by atoms with Crippen molar-refractivity contribution in [1.82, 2.24) is 10.2 Å². The molecule has 172 valence electrons. The summed E-state index contributed by atoms with van der Waals surface area (Å²) in [5.74, 6) is -0.890. The van der Waals surface area contributed by atoms with Crippen LogP contribution in [0, 0.1) is 0 Å². The van der Waals surface area contributed by atoms with Crippen molar-refractivity contribution in [2.75, 3.05) is 16.4 Å². The van der Waals surface area contributed by atoms with Crippen LogP contribution in [0.2, 0.25) is 0 Å². The Labute approximate surface area is 200 Å². The van der Waals surface area contributed by atoms with E-state index in [2.05, 4.69) is 20.8 Å². The number of amides is 2. The first kappa shape index (κ1) is 23.2. The van der Waals surface area contributed by atoms with Crippen LogP contribution >= 0.6 is 11.8 Å². The lowest BCUT2D eigenvalue weighted by atomic mass is 9.99. The maximum Gasteiger partial charge on any atom is 0.274 e. The molecule has 2 aromatic carbocycles. The first-order valence-corrected chi connectivity index (χ1v) is 11.7. The number of aromatic amines is 1. The third-order valence-corrected chi connectivity index (χ3v) is 6.19. The summed E-state index contributed by atoms with van der Waals surface area (Å²) >= 11 is 1.24. The molecule has 3 N–H and O–H groups in total. The highest BCUT2D eigenvalue weighted by molar-refractivity contribution is 8.04. The number of Topliss-reactive ketones (excluding diaryl/α,β-unsaturated/α-hetero) is 1. The fourth-order valence-electron chi connectivity index (χ4n) is 3.42. The number of aromatic nitrogens is 2. The van der Waals surface area contributed by atoms with Gasteiger partial charge in [0.25, 0.3) is 5.91 Å². The predicted octanol–water partition coefficient (Wildman–Crippen LogP) is 4.47. The van der Waals surface area contributed by atoms with Gasteiger partial charge in [0.1, 0.15) is 11.4 Å². The number of thioether (sulfide) groups is 1. The molecule has 2 amide bonds. The number of para-hydroxylation sites is 2. The van der Waals surface area contributed by atoms with Crippen molar-refractivity contribution in [2.45, 2.75) is 19.3 Å². The van der Waals surface area contributed by atoms with E-state index in [0.29, 0.717) is 30.7 Å². The molecule has 34 heavy (non-hydrogen) atoms. The molecule has 1 heterocycles. The molecule has 4 rings (SSSR count). The third kappa shape index (κ3) is 5.49. The Morgan fingerprint density at radius 2 is 1.53 bits per heavy atom. The second-order valence-electron chi connectivity index (χ2n) is 7.56. The van der Waals surface area contributed by atoms with E-state index in [1.165, 1.54) is 17.8 Å². The minimum absolute atomic E-state index is 0.00864. The number of rotatable bonds is 9. The highest BCUT2D eigenvalue weighted by Crippen LogP contribution is 2.30. The van der Waals surface area contributed by atoms with Crippen LogP contribution in [-0.4, -0.2) is 39.3 Å². The van der Waals surface area contributed by atoms with Gasteiger partial charge in [-0.25, -0.2) is 0 Å². The molecule has 0 bridgehead atoms. The van der Waals surface area contributed by atoms with Gasteiger partial charge in [-0.05, 0) is 42.9 Å². The molecule has 1 aliphatic rings. The largest absolute Gasteiger partial charge is 0.326 e. The van der Waals surface area contributed by atoms with Crippen LogP contribution in [0.3, 0.4) is 0 Å². The Balaban J connectivity index is 1.31. The molecule has 0 spiro atoms. The number of benzene rings is 2. The molecule has 0 radical (unpaired) electrons. The zero-order chi connectivity index (χ0) is 23.9. The van der Waals surface area contributed by atoms with Crippen molar-refractivity contribution in [3.05, 3.63) is 88.6 Å². The number of H-pyrrole nitrogens is 1. The van der Waals surface area contributed by atoms with Gasteiger partial charge < -0.3 is 10.6 Å². The fraction of sp³-hybridized carbons (Fsp3) is 0.160. The van der Waals surface area contributed by atoms with E-state index in [1.807, 2.05) is 36.4 Å². The standard InChI is InChI=1S/C25H22N4O4S/c30-18-15-19(34-14-8-7-13-20(31)26-16-9-3-1-4-10-16)24(32)21-22(18)28-29-23(21)25(33)27-17-11-5-2-6-12-17/h1-6,9-12,15H,7-8,13-14H2,(H,26,31)(H,27,33)(H,28,29). The average molecular weight is 475 g/mol. The smallest absolute Gasteiger partial charge is 0.274 e. The normalized spacial score (nSPS) is 12.6. The summed E-state index contributed by atoms with van der Waals surface area (Å²) in [6, 6.07) is 18.0. The van der Waals surface area contributed by atoms with Crippen LogP contribution in [0.1, 0.15) is 50.6 Å². The summed E-state index contributed by atoms with van der Waals surface area (Å²) in [6.45, 7) is 0. The Morgan fingerprint density at radius 3 is 2.21 bits per heavy atom. The van der Waals surface area contributed by atoms with Crippen molar-refractivity contribution in [2.24, 2.45) is 0 Å². The number of carbonyl (C=O) groups excluding carboxylic acids is 4. The molecule has 1 aliphatic carbocycles. The van der Waals surface area contributed by atoms with Crippen LogP contribution in [0.4, 0.5) is 11.4 Å². The Morgan fingerprint density at radius 1 is 0.882 bits per heavy atom. The Bertz CT molecular complexity index is 1250. The average Bonchev–Trinajstić information content (AvgIpc) is 3.29. The van der Waals surface area contributed by atoms with E-state index < -0.39 is 17.5 Å². The molecule has 8 nitrogen and oxygen atoms in total. The summed E-state index contributed by atoms with van der Waals surface area (Å²) in [5.41, 5.74) is 1.21. The Kier molecular flexibility index (Phi) is 7.34. The number of ketones is 2. The van der Waals surface area contributed by atoms with Gasteiger partial charge in [0.15, 0.2) is 0 Å². The first-order valence-electron chi connectivity index (χ1n) is 10.8. The van der Waals surface area contributed by atoms with Crippen LogP contribution < -0.4 is 10.6 Å². The van der Waals surface area contributed by atoms with Crippen LogP contribution in [0.15, 0.2) is 71.6 Å². The van der Waals surface area contributed by atoms with E-state index >= 15 is 0 Å². The molecule has 0 aliphatic heterocycles. The lowest BCUT2D eigenvalue weighted by molar-refractivity contribution is -0.116. The molecule has 0 unspecified atom stereocenters. The van der Waals surface area contributed by atoms with Gasteiger partial charge >= 0.3 is 0 Å². The number of hydrogen-bond donors (Lipinski definition) is 3. The maximum atomic E-state index is 13.0. The number of unbranched alkanes of at least 4 members (excludes halogenated alkanes) is 1. The molecule has 0 saturated heterocycles. The summed E-state index contributed by atoms with van der Waals surface area (Å²) in [4.78, 5) is 50.5. The first-order chi connectivity index (χ1) is 16.5. The molecule has 9 heteroatoms. The van der Waals surface area contributed by atoms with Gasteiger partial charge in [-0.2, -0.15) is 5.10 Å². The van der Waals surface area contributed by atoms with E-state index in [0.717, 1.165) is 5.69 Å². The zero-order valence-electron chi connectivity index (χ0n) is 18.2. The molecule has 0 saturated carbocycles. The van der Waals surface area contributed by atoms with Gasteiger partial charge in [-0.15, -0.1) is 11.8 Å². The molecule has 0 fully saturated rings. The van der Waals surface area contributed by atoms with Crippen LogP contribution in [-0.2, 0) is 4.79 Å². The van der Waals surface area contributed by atoms with Crippen molar-refractivity contribution < 1.29 is 19.2 Å². The van der Waals surface area contributed by atoms with E-state index in [-0.39, 0.29) is 27.8 Å². The number of hydrogen-bond acceptors (Lipinski definition) is 6. The second kappa shape index (κ2) is 10.8. The number of fused-ring (bicyclic) bond motifs is 1. The van der Waals surface area contributed by atoms with Gasteiger partial charge in [0.05, 0.1) is 10.5 Å². The maximum absolute atomic E-state index is 13.0. The quantitative estimate of drug-likeness (QED) is 0.394. The van der Waals surface area contributed by atoms with Crippen molar-refractivity contribution in [3.8, 4) is 0 Å². The third-order valence-electron chi connectivity index (χ3n) is 5.08. The van der Waals surface area contributed by atoms with Crippen LogP contribution in [0.5, 0.6) is 0 Å². The van der Waals surface area contributed by atoms with E-state index in [9.17, 15) is 19.2 Å². The van der Waals surface area contributed by atoms with Crippen LogP contribution in [0.25, 0.3) is 0 Å². The van der Waals surface area contributed by atoms with Crippen molar-refractivity contribution in [3.63, 3.8) is 0 Å². The number of nitrogens with zero attached hydrogens (tertiary/aromatic N) is 1. The summed E-state index contributed by atoms with van der Waals surface area (Å²) in [5, 5.41) is 12.0. The predicted molar refractivity (Wildman–Crippen MR) is 131 cm³/mol. The fourth-order valence-corrected chi connectivity index (χ4v) is 4.41. The number of carbonyl (C=O) groups is 4. The zero-order valence-corrected chi connectivity index (χ0v) is 19.0. The molecule has 3 aromatic rings. The molecular formula is C25H22N4O4S. The van der Waals surface area contributed by atoms with Crippen molar-refractivity contribution >= 4 is 46.5 Å². The van der Waals surface area contributed by atoms with Crippen molar-refractivity contribution in [1.29, 1.82) is 0 Å². The van der Waals surface area contributed by atoms with Gasteiger partial charge in [0.2, 0.25) is 17.5 Å². The lowest BCUT2D eigenvalue weighted by Crippen LogP contribution is -2.20. The minimum Gasteiger partial charge on any atom is -0.326 e. The molecule has 1 aromatic heterocycles. The highest BCUT2D eigenvalue weighted by Gasteiger charge is 2.33. The monoisotopic (exact) mass is 474 g/mol. The number of nitrogens with one attached hydrogen (secondary N) is 3. The SMILES string of the molecule is O=C(CCCCSC1=CC(=O)c2n[nH]c(C(=O)Nc3ccccc3)c2C1=O)Nc1ccccc1. The second-order valence-corrected chi connectivity index (χ2v) is 8.70. The van der Waals surface area contributed by atoms with E-state index in [1.54, 1.807) is 24.3 Å². The number of allylic oxidation sites excluding steroid dienone is 2. The molecular weight excluding hydrogens is 452 g/mol. The number of anilines is 2. The van der Waals surface area contributed by atoms with E-state index in [4.69, 9.17) is 0 Å². The van der Waals surface area contributed by atoms with Gasteiger partial charge in [-0.3, -0.25) is 24.3 Å². The topological polar surface area (TPSA) is 121 Å². The summed E-state index contributed by atoms with van der Waals surface area (Å²) in [7, 11) is 0. The Hall–Kier alpha value is -3.98. The molecule has 0 atom stereocenters. The summed E-state index contributed by atoms with van der Waals surface area (Å²) < 4.78 is 0.